The number of carbonyl (C=O) groups is 1. The number of rotatable bonds is 5. The molecule has 21 heavy (non-hydrogen) atoms. The molecule has 0 spiro atoms. The van der Waals surface area contributed by atoms with Crippen molar-refractivity contribution in [2.45, 2.75) is 38.5 Å². The van der Waals surface area contributed by atoms with E-state index in [4.69, 9.17) is 0 Å². The fourth-order valence-electron chi connectivity index (χ4n) is 1.72. The summed E-state index contributed by atoms with van der Waals surface area (Å²) in [6.45, 7) is 3.26. The van der Waals surface area contributed by atoms with Crippen LogP contribution in [0.2, 0.25) is 0 Å². The highest BCUT2D eigenvalue weighted by molar-refractivity contribution is 5.94. The van der Waals surface area contributed by atoms with Crippen molar-refractivity contribution >= 4 is 5.91 Å². The maximum Gasteiger partial charge on any atom is 0.416 e. The predicted octanol–water partition coefficient (Wildman–Crippen LogP) is 3.13. The Kier molecular flexibility index (Phi) is 5.33. The quantitative estimate of drug-likeness (QED) is 0.821. The standard InChI is InChI=1S/C14H17F4NO2/c1-3-13(21,4-2)8-19-12(20)10-7-9(14(16,17)18)5-6-11(10)15/h5-7,21H,3-4,8H2,1-2H3,(H,19,20). The molecule has 1 rings (SSSR count). The Balaban J connectivity index is 2.93. The summed E-state index contributed by atoms with van der Waals surface area (Å²) in [5.41, 5.74) is -2.96. The van der Waals surface area contributed by atoms with Crippen LogP contribution in [0, 0.1) is 5.82 Å². The Hall–Kier alpha value is -1.63. The lowest BCUT2D eigenvalue weighted by molar-refractivity contribution is -0.137. The van der Waals surface area contributed by atoms with E-state index < -0.39 is 34.6 Å². The lowest BCUT2D eigenvalue weighted by atomic mass is 9.97. The molecule has 0 aliphatic carbocycles. The van der Waals surface area contributed by atoms with E-state index in [1.165, 1.54) is 0 Å². The molecular formula is C14H17F4NO2. The van der Waals surface area contributed by atoms with Gasteiger partial charge < -0.3 is 10.4 Å². The van der Waals surface area contributed by atoms with E-state index >= 15 is 0 Å². The summed E-state index contributed by atoms with van der Waals surface area (Å²) in [7, 11) is 0. The number of hydrogen-bond acceptors (Lipinski definition) is 2. The van der Waals surface area contributed by atoms with Crippen molar-refractivity contribution in [1.82, 2.24) is 5.32 Å². The smallest absolute Gasteiger partial charge is 0.388 e. The molecule has 0 fully saturated rings. The van der Waals surface area contributed by atoms with E-state index in [1.54, 1.807) is 13.8 Å². The highest BCUT2D eigenvalue weighted by Crippen LogP contribution is 2.30. The van der Waals surface area contributed by atoms with E-state index in [-0.39, 0.29) is 6.54 Å². The summed E-state index contributed by atoms with van der Waals surface area (Å²) in [6.07, 6.45) is -3.94. The fourth-order valence-corrected chi connectivity index (χ4v) is 1.72. The van der Waals surface area contributed by atoms with E-state index in [1.807, 2.05) is 0 Å². The van der Waals surface area contributed by atoms with Gasteiger partial charge in [0.15, 0.2) is 0 Å². The van der Waals surface area contributed by atoms with Crippen LogP contribution in [0.25, 0.3) is 0 Å². The van der Waals surface area contributed by atoms with Crippen LogP contribution in [-0.4, -0.2) is 23.2 Å². The van der Waals surface area contributed by atoms with Gasteiger partial charge in [0.25, 0.3) is 5.91 Å². The van der Waals surface area contributed by atoms with Gasteiger partial charge in [0, 0.05) is 6.54 Å². The molecule has 1 amide bonds. The highest BCUT2D eigenvalue weighted by atomic mass is 19.4. The monoisotopic (exact) mass is 307 g/mol. The predicted molar refractivity (Wildman–Crippen MR) is 69.3 cm³/mol. The zero-order valence-electron chi connectivity index (χ0n) is 11.7. The second-order valence-electron chi connectivity index (χ2n) is 4.81. The molecule has 0 bridgehead atoms. The van der Waals surface area contributed by atoms with Gasteiger partial charge in [0.1, 0.15) is 5.82 Å². The first-order valence-electron chi connectivity index (χ1n) is 6.50. The number of amides is 1. The molecular weight excluding hydrogens is 290 g/mol. The van der Waals surface area contributed by atoms with Gasteiger partial charge in [-0.1, -0.05) is 13.8 Å². The minimum Gasteiger partial charge on any atom is -0.388 e. The van der Waals surface area contributed by atoms with Crippen LogP contribution in [-0.2, 0) is 6.18 Å². The molecule has 7 heteroatoms. The first-order valence-corrected chi connectivity index (χ1v) is 6.50. The highest BCUT2D eigenvalue weighted by Gasteiger charge is 2.32. The summed E-state index contributed by atoms with van der Waals surface area (Å²) >= 11 is 0. The maximum atomic E-state index is 13.5. The largest absolute Gasteiger partial charge is 0.416 e. The van der Waals surface area contributed by atoms with Crippen molar-refractivity contribution in [2.75, 3.05) is 6.54 Å². The molecule has 0 saturated carbocycles. The third kappa shape index (κ3) is 4.42. The topological polar surface area (TPSA) is 49.3 Å². The normalized spacial score (nSPS) is 12.3. The molecule has 3 nitrogen and oxygen atoms in total. The van der Waals surface area contributed by atoms with Crippen LogP contribution in [0.5, 0.6) is 0 Å². The Morgan fingerprint density at radius 3 is 2.29 bits per heavy atom. The molecule has 0 aliphatic heterocycles. The first-order chi connectivity index (χ1) is 9.63. The lowest BCUT2D eigenvalue weighted by Gasteiger charge is -2.25. The molecule has 0 radical (unpaired) electrons. The number of carbonyl (C=O) groups excluding carboxylic acids is 1. The number of benzene rings is 1. The van der Waals surface area contributed by atoms with E-state index in [0.29, 0.717) is 31.0 Å². The van der Waals surface area contributed by atoms with E-state index in [2.05, 4.69) is 5.32 Å². The second-order valence-corrected chi connectivity index (χ2v) is 4.81. The summed E-state index contributed by atoms with van der Waals surface area (Å²) < 4.78 is 51.2. The summed E-state index contributed by atoms with van der Waals surface area (Å²) in [6, 6.07) is 1.63. The Bertz CT molecular complexity index is 510. The molecule has 0 atom stereocenters. The van der Waals surface area contributed by atoms with Crippen molar-refractivity contribution in [2.24, 2.45) is 0 Å². The van der Waals surface area contributed by atoms with Gasteiger partial charge in [-0.15, -0.1) is 0 Å². The molecule has 1 aromatic rings. The number of alkyl halides is 3. The lowest BCUT2D eigenvalue weighted by Crippen LogP contribution is -2.42. The van der Waals surface area contributed by atoms with Crippen LogP contribution in [0.3, 0.4) is 0 Å². The number of aliphatic hydroxyl groups is 1. The average Bonchev–Trinajstić information content (AvgIpc) is 2.43. The zero-order chi connectivity index (χ0) is 16.3. The van der Waals surface area contributed by atoms with Crippen molar-refractivity contribution in [3.05, 3.63) is 35.1 Å². The number of halogens is 4. The third-order valence-electron chi connectivity index (χ3n) is 3.43. The van der Waals surface area contributed by atoms with Gasteiger partial charge in [0.2, 0.25) is 0 Å². The molecule has 0 unspecified atom stereocenters. The molecule has 2 N–H and O–H groups in total. The zero-order valence-corrected chi connectivity index (χ0v) is 11.7. The molecule has 118 valence electrons. The van der Waals surface area contributed by atoms with Gasteiger partial charge in [-0.05, 0) is 31.0 Å². The van der Waals surface area contributed by atoms with Gasteiger partial charge >= 0.3 is 6.18 Å². The first kappa shape index (κ1) is 17.4. The van der Waals surface area contributed by atoms with Gasteiger partial charge in [-0.3, -0.25) is 4.79 Å². The minimum absolute atomic E-state index is 0.158. The Morgan fingerprint density at radius 2 is 1.81 bits per heavy atom. The summed E-state index contributed by atoms with van der Waals surface area (Å²) in [4.78, 5) is 11.8. The van der Waals surface area contributed by atoms with E-state index in [0.717, 1.165) is 0 Å². The number of nitrogens with one attached hydrogen (secondary N) is 1. The van der Waals surface area contributed by atoms with Crippen molar-refractivity contribution in [3.8, 4) is 0 Å². The third-order valence-corrected chi connectivity index (χ3v) is 3.43. The SMILES string of the molecule is CCC(O)(CC)CNC(=O)c1cc(C(F)(F)F)ccc1F. The Morgan fingerprint density at radius 1 is 1.24 bits per heavy atom. The molecule has 0 heterocycles. The molecule has 0 aromatic heterocycles. The van der Waals surface area contributed by atoms with E-state index in [9.17, 15) is 27.5 Å². The summed E-state index contributed by atoms with van der Waals surface area (Å²) in [5, 5.41) is 12.3. The van der Waals surface area contributed by atoms with Crippen LogP contribution in [0.15, 0.2) is 18.2 Å². The van der Waals surface area contributed by atoms with Gasteiger partial charge in [-0.25, -0.2) is 4.39 Å². The molecule has 1 aromatic carbocycles. The average molecular weight is 307 g/mol. The van der Waals surface area contributed by atoms with Crippen LogP contribution >= 0.6 is 0 Å². The fraction of sp³-hybridized carbons (Fsp3) is 0.500. The molecule has 0 aliphatic rings. The van der Waals surface area contributed by atoms with Crippen LogP contribution in [0.4, 0.5) is 17.6 Å². The molecule has 0 saturated heterocycles. The number of hydrogen-bond donors (Lipinski definition) is 2. The summed E-state index contributed by atoms with van der Waals surface area (Å²) in [5.74, 6) is -2.03. The van der Waals surface area contributed by atoms with Crippen LogP contribution in [0.1, 0.15) is 42.6 Å². The maximum absolute atomic E-state index is 13.5. The van der Waals surface area contributed by atoms with Crippen molar-refractivity contribution in [1.29, 1.82) is 0 Å². The van der Waals surface area contributed by atoms with Gasteiger partial charge in [-0.2, -0.15) is 13.2 Å². The van der Waals surface area contributed by atoms with Crippen molar-refractivity contribution in [3.63, 3.8) is 0 Å². The second kappa shape index (κ2) is 6.43. The van der Waals surface area contributed by atoms with Gasteiger partial charge in [0.05, 0.1) is 16.7 Å². The van der Waals surface area contributed by atoms with Crippen molar-refractivity contribution < 1.29 is 27.5 Å². The Labute approximate surface area is 120 Å². The van der Waals surface area contributed by atoms with Crippen LogP contribution < -0.4 is 5.32 Å². The minimum atomic E-state index is -4.66.